The van der Waals surface area contributed by atoms with Crippen molar-refractivity contribution in [3.8, 4) is 0 Å². The summed E-state index contributed by atoms with van der Waals surface area (Å²) in [6.07, 6.45) is 0. The van der Waals surface area contributed by atoms with Crippen molar-refractivity contribution >= 4 is 44.8 Å². The van der Waals surface area contributed by atoms with Crippen LogP contribution in [0.1, 0.15) is 0 Å². The molecule has 3 heteroatoms. The van der Waals surface area contributed by atoms with Crippen molar-refractivity contribution in [3.05, 3.63) is 40.9 Å². The highest BCUT2D eigenvalue weighted by molar-refractivity contribution is 9.10. The fourth-order valence-electron chi connectivity index (χ4n) is 1.25. The van der Waals surface area contributed by atoms with E-state index in [4.69, 9.17) is 5.73 Å². The zero-order valence-corrected chi connectivity index (χ0v) is 9.23. The first-order chi connectivity index (χ1) is 5.79. The molecule has 0 radical (unpaired) electrons. The van der Waals surface area contributed by atoms with Crippen LogP contribution in [-0.4, -0.2) is 0 Å². The van der Waals surface area contributed by atoms with Crippen LogP contribution in [0.25, 0.3) is 10.8 Å². The predicted molar refractivity (Wildman–Crippen MR) is 63.3 cm³/mol. The van der Waals surface area contributed by atoms with Gasteiger partial charge in [0.1, 0.15) is 0 Å². The lowest BCUT2D eigenvalue weighted by Crippen LogP contribution is -1.86. The second-order valence-corrected chi connectivity index (χ2v) is 3.48. The Hall–Kier alpha value is -0.730. The molecule has 0 atom stereocenters. The highest BCUT2D eigenvalue weighted by atomic mass is 79.9. The smallest absolute Gasteiger partial charge is 0.0483 e. The second kappa shape index (κ2) is 3.99. The van der Waals surface area contributed by atoms with E-state index >= 15 is 0 Å². The van der Waals surface area contributed by atoms with Gasteiger partial charge < -0.3 is 5.73 Å². The number of hydrogen-bond donors (Lipinski definition) is 1. The summed E-state index contributed by atoms with van der Waals surface area (Å²) in [6, 6.07) is 12.1. The summed E-state index contributed by atoms with van der Waals surface area (Å²) >= 11 is 3.46. The van der Waals surface area contributed by atoms with Crippen LogP contribution in [0.5, 0.6) is 0 Å². The van der Waals surface area contributed by atoms with E-state index in [0.717, 1.165) is 15.5 Å². The zero-order valence-electron chi connectivity index (χ0n) is 6.83. The maximum Gasteiger partial charge on any atom is 0.0483 e. The third kappa shape index (κ3) is 1.79. The molecule has 2 aromatic rings. The Labute approximate surface area is 91.5 Å². The second-order valence-electron chi connectivity index (χ2n) is 2.69. The molecular weight excluding hydrogens is 249 g/mol. The van der Waals surface area contributed by atoms with E-state index in [-0.39, 0.29) is 12.4 Å². The van der Waals surface area contributed by atoms with Gasteiger partial charge in [0, 0.05) is 10.2 Å². The summed E-state index contributed by atoms with van der Waals surface area (Å²) < 4.78 is 0.987. The molecular formula is C10H9BrClN. The van der Waals surface area contributed by atoms with Gasteiger partial charge in [0.25, 0.3) is 0 Å². The molecule has 2 aromatic carbocycles. The van der Waals surface area contributed by atoms with Gasteiger partial charge in [-0.3, -0.25) is 0 Å². The molecule has 0 fully saturated rings. The third-order valence-electron chi connectivity index (χ3n) is 1.89. The number of benzene rings is 2. The van der Waals surface area contributed by atoms with Gasteiger partial charge in [-0.15, -0.1) is 12.4 Å². The third-order valence-corrected chi connectivity index (χ3v) is 2.78. The predicted octanol–water partition coefficient (Wildman–Crippen LogP) is 3.61. The first kappa shape index (κ1) is 10.4. The molecule has 0 heterocycles. The first-order valence-electron chi connectivity index (χ1n) is 3.72. The molecule has 0 saturated carbocycles. The van der Waals surface area contributed by atoms with Crippen molar-refractivity contribution in [2.45, 2.75) is 0 Å². The fraction of sp³-hybridized carbons (Fsp3) is 0. The number of hydrogen-bond acceptors (Lipinski definition) is 1. The first-order valence-corrected chi connectivity index (χ1v) is 4.51. The summed E-state index contributed by atoms with van der Waals surface area (Å²) in [5, 5.41) is 2.37. The van der Waals surface area contributed by atoms with Gasteiger partial charge in [-0.2, -0.15) is 0 Å². The van der Waals surface area contributed by atoms with Crippen LogP contribution in [0.2, 0.25) is 0 Å². The minimum Gasteiger partial charge on any atom is -0.398 e. The van der Waals surface area contributed by atoms with E-state index in [9.17, 15) is 0 Å². The van der Waals surface area contributed by atoms with Gasteiger partial charge >= 0.3 is 0 Å². The van der Waals surface area contributed by atoms with E-state index in [1.165, 1.54) is 5.39 Å². The van der Waals surface area contributed by atoms with Crippen molar-refractivity contribution in [2.75, 3.05) is 5.73 Å². The Morgan fingerprint density at radius 3 is 2.46 bits per heavy atom. The average molecular weight is 259 g/mol. The van der Waals surface area contributed by atoms with Crippen LogP contribution < -0.4 is 5.73 Å². The van der Waals surface area contributed by atoms with Crippen molar-refractivity contribution < 1.29 is 0 Å². The maximum absolute atomic E-state index is 5.74. The number of halogens is 2. The number of rotatable bonds is 0. The van der Waals surface area contributed by atoms with Crippen LogP contribution >= 0.6 is 28.3 Å². The number of nitrogen functional groups attached to an aromatic ring is 1. The Morgan fingerprint density at radius 1 is 1.00 bits per heavy atom. The zero-order chi connectivity index (χ0) is 8.55. The Balaban J connectivity index is 0.000000845. The highest BCUT2D eigenvalue weighted by Crippen LogP contribution is 2.28. The molecule has 0 spiro atoms. The van der Waals surface area contributed by atoms with Gasteiger partial charge in [-0.25, -0.2) is 0 Å². The van der Waals surface area contributed by atoms with Gasteiger partial charge in [-0.1, -0.05) is 30.3 Å². The molecule has 1 nitrogen and oxygen atoms in total. The highest BCUT2D eigenvalue weighted by Gasteiger charge is 1.99. The summed E-state index contributed by atoms with van der Waals surface area (Å²) in [5.74, 6) is 0. The van der Waals surface area contributed by atoms with E-state index in [2.05, 4.69) is 28.1 Å². The minimum absolute atomic E-state index is 0. The number of fused-ring (bicyclic) bond motifs is 1. The van der Waals surface area contributed by atoms with E-state index in [0.29, 0.717) is 0 Å². The van der Waals surface area contributed by atoms with Crippen molar-refractivity contribution in [2.24, 2.45) is 0 Å². The van der Waals surface area contributed by atoms with E-state index in [1.807, 2.05) is 24.3 Å². The molecule has 13 heavy (non-hydrogen) atoms. The van der Waals surface area contributed by atoms with Crippen LogP contribution in [0.4, 0.5) is 5.69 Å². The van der Waals surface area contributed by atoms with Crippen LogP contribution in [0.3, 0.4) is 0 Å². The average Bonchev–Trinajstić information content (AvgIpc) is 2.12. The van der Waals surface area contributed by atoms with Crippen molar-refractivity contribution in [1.82, 2.24) is 0 Å². The largest absolute Gasteiger partial charge is 0.398 e. The molecule has 0 aliphatic rings. The van der Waals surface area contributed by atoms with Crippen molar-refractivity contribution in [1.29, 1.82) is 0 Å². The topological polar surface area (TPSA) is 26.0 Å². The van der Waals surface area contributed by atoms with E-state index < -0.39 is 0 Å². The summed E-state index contributed by atoms with van der Waals surface area (Å²) in [7, 11) is 0. The molecule has 0 aromatic heterocycles. The molecule has 0 aliphatic heterocycles. The molecule has 68 valence electrons. The lowest BCUT2D eigenvalue weighted by atomic mass is 10.1. The monoisotopic (exact) mass is 257 g/mol. The SMILES string of the molecule is Cl.Nc1ccc2ccccc2c1Br. The molecule has 0 aliphatic carbocycles. The summed E-state index contributed by atoms with van der Waals surface area (Å²) in [5.41, 5.74) is 6.52. The van der Waals surface area contributed by atoms with Crippen molar-refractivity contribution in [3.63, 3.8) is 0 Å². The molecule has 0 saturated heterocycles. The lowest BCUT2D eigenvalue weighted by Gasteiger charge is -2.02. The number of anilines is 1. The van der Waals surface area contributed by atoms with E-state index in [1.54, 1.807) is 0 Å². The normalized spacial score (nSPS) is 9.62. The summed E-state index contributed by atoms with van der Waals surface area (Å²) in [6.45, 7) is 0. The standard InChI is InChI=1S/C10H8BrN.ClH/c11-10-8-4-2-1-3-7(8)5-6-9(10)12;/h1-6H,12H2;1H. The molecule has 2 N–H and O–H groups in total. The molecule has 2 rings (SSSR count). The molecule has 0 amide bonds. The Morgan fingerprint density at radius 2 is 1.69 bits per heavy atom. The number of nitrogens with two attached hydrogens (primary N) is 1. The summed E-state index contributed by atoms with van der Waals surface area (Å²) in [4.78, 5) is 0. The van der Waals surface area contributed by atoms with Gasteiger partial charge in [0.05, 0.1) is 0 Å². The maximum atomic E-state index is 5.74. The molecule has 0 bridgehead atoms. The Bertz CT molecular complexity index is 428. The van der Waals surface area contributed by atoms with Gasteiger partial charge in [-0.05, 0) is 32.8 Å². The minimum atomic E-state index is 0. The lowest BCUT2D eigenvalue weighted by molar-refractivity contribution is 1.68. The van der Waals surface area contributed by atoms with Crippen LogP contribution in [0, 0.1) is 0 Å². The quantitative estimate of drug-likeness (QED) is 0.718. The van der Waals surface area contributed by atoms with Crippen LogP contribution in [0.15, 0.2) is 40.9 Å². The molecule has 0 unspecified atom stereocenters. The van der Waals surface area contributed by atoms with Crippen LogP contribution in [-0.2, 0) is 0 Å². The van der Waals surface area contributed by atoms with Gasteiger partial charge in [0.2, 0.25) is 0 Å². The van der Waals surface area contributed by atoms with Gasteiger partial charge in [0.15, 0.2) is 0 Å². The Kier molecular flexibility index (Phi) is 3.17. The fourth-order valence-corrected chi connectivity index (χ4v) is 1.74.